The molecule has 0 saturated heterocycles. The first-order valence-electron chi connectivity index (χ1n) is 3.66. The number of carbonyl (C=O) groups excluding carboxylic acids is 1. The number of nitrogens with zero attached hydrogens (tertiary/aromatic N) is 1. The van der Waals surface area contributed by atoms with Crippen molar-refractivity contribution in [1.29, 1.82) is 0 Å². The monoisotopic (exact) mass is 169 g/mol. The van der Waals surface area contributed by atoms with Crippen LogP contribution >= 0.6 is 0 Å². The van der Waals surface area contributed by atoms with E-state index in [1.54, 1.807) is 0 Å². The second-order valence-corrected chi connectivity index (χ2v) is 2.29. The van der Waals surface area contributed by atoms with Gasteiger partial charge in [0.15, 0.2) is 5.69 Å². The van der Waals surface area contributed by atoms with Crippen LogP contribution in [0.25, 0.3) is 0 Å². The van der Waals surface area contributed by atoms with E-state index in [4.69, 9.17) is 0 Å². The van der Waals surface area contributed by atoms with Crippen molar-refractivity contribution in [1.82, 2.24) is 10.5 Å². The fourth-order valence-electron chi connectivity index (χ4n) is 0.695. The lowest BCUT2D eigenvalue weighted by Gasteiger charge is -1.97. The highest BCUT2D eigenvalue weighted by Crippen LogP contribution is 2.09. The molecule has 0 aliphatic carbocycles. The second kappa shape index (κ2) is 3.75. The smallest absolute Gasteiger partial charge is 0.351 e. The summed E-state index contributed by atoms with van der Waals surface area (Å²) in [4.78, 5) is 11.0. The van der Waals surface area contributed by atoms with Crippen molar-refractivity contribution in [3.05, 3.63) is 11.8 Å². The maximum Gasteiger partial charge on any atom is 0.361 e. The van der Waals surface area contributed by atoms with Gasteiger partial charge in [0, 0.05) is 6.54 Å². The average molecular weight is 169 g/mol. The minimum Gasteiger partial charge on any atom is -0.351 e. The quantitative estimate of drug-likeness (QED) is 0.732. The lowest BCUT2D eigenvalue weighted by molar-refractivity contribution is 0.0944. The van der Waals surface area contributed by atoms with Gasteiger partial charge in [-0.3, -0.25) is 4.79 Å². The maximum atomic E-state index is 11.0. The molecule has 5 heteroatoms. The standard InChI is InChI=1S/C7H9N2O3/c1-2-3-8-7(11)5-4-6(10)12-9-5/h4H,2-3H2,1H3,(H,8,11). The molecule has 1 aromatic rings. The van der Waals surface area contributed by atoms with Gasteiger partial charge in [0.25, 0.3) is 5.91 Å². The Kier molecular flexibility index (Phi) is 2.68. The summed E-state index contributed by atoms with van der Waals surface area (Å²) in [6.45, 7) is 2.50. The predicted molar refractivity (Wildman–Crippen MR) is 39.3 cm³/mol. The molecule has 0 atom stereocenters. The van der Waals surface area contributed by atoms with Gasteiger partial charge in [-0.2, -0.15) is 0 Å². The minimum atomic E-state index is -0.600. The number of amides is 1. The van der Waals surface area contributed by atoms with Gasteiger partial charge >= 0.3 is 5.95 Å². The molecule has 1 radical (unpaired) electrons. The predicted octanol–water partition coefficient (Wildman–Crippen LogP) is 0.958. The van der Waals surface area contributed by atoms with E-state index in [9.17, 15) is 9.90 Å². The van der Waals surface area contributed by atoms with E-state index in [0.29, 0.717) is 6.54 Å². The molecular weight excluding hydrogens is 160 g/mol. The Bertz CT molecular complexity index is 269. The molecule has 0 fully saturated rings. The molecule has 0 aliphatic heterocycles. The van der Waals surface area contributed by atoms with Crippen LogP contribution in [0.3, 0.4) is 0 Å². The molecule has 5 nitrogen and oxygen atoms in total. The Labute approximate surface area is 69.4 Å². The third-order valence-electron chi connectivity index (χ3n) is 1.26. The average Bonchev–Trinajstić information content (AvgIpc) is 2.47. The van der Waals surface area contributed by atoms with Crippen molar-refractivity contribution >= 4 is 5.91 Å². The van der Waals surface area contributed by atoms with E-state index in [1.165, 1.54) is 0 Å². The van der Waals surface area contributed by atoms with Gasteiger partial charge < -0.3 is 9.84 Å². The largest absolute Gasteiger partial charge is 0.361 e. The van der Waals surface area contributed by atoms with E-state index >= 15 is 0 Å². The first-order valence-corrected chi connectivity index (χ1v) is 3.66. The number of hydrogen-bond acceptors (Lipinski definition) is 3. The first-order chi connectivity index (χ1) is 5.74. The summed E-state index contributed by atoms with van der Waals surface area (Å²) < 4.78 is 4.20. The van der Waals surface area contributed by atoms with Crippen molar-refractivity contribution in [2.24, 2.45) is 0 Å². The molecule has 1 heterocycles. The summed E-state index contributed by atoms with van der Waals surface area (Å²) >= 11 is 0. The van der Waals surface area contributed by atoms with E-state index in [2.05, 4.69) is 15.0 Å². The van der Waals surface area contributed by atoms with Crippen LogP contribution < -0.4 is 5.32 Å². The Hall–Kier alpha value is -1.52. The van der Waals surface area contributed by atoms with Gasteiger partial charge in [-0.05, 0) is 6.42 Å². The molecule has 0 aromatic carbocycles. The molecule has 0 saturated carbocycles. The SMILES string of the molecule is CCCNC(=O)c1cc([O])on1. The van der Waals surface area contributed by atoms with Crippen molar-refractivity contribution in [3.8, 4) is 5.95 Å². The molecule has 1 rings (SSSR count). The summed E-state index contributed by atoms with van der Waals surface area (Å²) in [6.07, 6.45) is 0.841. The van der Waals surface area contributed by atoms with E-state index in [-0.39, 0.29) is 11.6 Å². The fourth-order valence-corrected chi connectivity index (χ4v) is 0.695. The lowest BCUT2D eigenvalue weighted by atomic mass is 10.4. The molecule has 1 amide bonds. The third-order valence-corrected chi connectivity index (χ3v) is 1.26. The summed E-state index contributed by atoms with van der Waals surface area (Å²) in [6, 6.07) is 1.06. The molecule has 1 aromatic heterocycles. The molecular formula is C7H9N2O3. The number of hydrogen-bond donors (Lipinski definition) is 1. The summed E-state index contributed by atoms with van der Waals surface area (Å²) in [7, 11) is 0. The highest BCUT2D eigenvalue weighted by atomic mass is 16.5. The van der Waals surface area contributed by atoms with Gasteiger partial charge in [0.05, 0.1) is 6.07 Å². The topological polar surface area (TPSA) is 75.0 Å². The zero-order chi connectivity index (χ0) is 8.97. The lowest BCUT2D eigenvalue weighted by Crippen LogP contribution is -2.24. The minimum absolute atomic E-state index is 0.0356. The van der Waals surface area contributed by atoms with Crippen LogP contribution in [0.4, 0.5) is 0 Å². The number of carbonyl (C=O) groups is 1. The van der Waals surface area contributed by atoms with Crippen molar-refractivity contribution in [2.75, 3.05) is 6.54 Å². The highest BCUT2D eigenvalue weighted by Gasteiger charge is 2.11. The Morgan fingerprint density at radius 1 is 1.75 bits per heavy atom. The van der Waals surface area contributed by atoms with Crippen LogP contribution in [0.1, 0.15) is 23.8 Å². The molecule has 0 spiro atoms. The van der Waals surface area contributed by atoms with Gasteiger partial charge in [-0.1, -0.05) is 12.1 Å². The molecule has 0 bridgehead atoms. The fraction of sp³-hybridized carbons (Fsp3) is 0.429. The maximum absolute atomic E-state index is 11.0. The Morgan fingerprint density at radius 3 is 3.00 bits per heavy atom. The van der Waals surface area contributed by atoms with Gasteiger partial charge in [-0.15, -0.1) is 0 Å². The zero-order valence-corrected chi connectivity index (χ0v) is 6.66. The number of rotatable bonds is 3. The van der Waals surface area contributed by atoms with Crippen LogP contribution in [0.5, 0.6) is 5.95 Å². The number of aromatic nitrogens is 1. The normalized spacial score (nSPS) is 9.75. The van der Waals surface area contributed by atoms with E-state index in [0.717, 1.165) is 12.5 Å². The molecule has 12 heavy (non-hydrogen) atoms. The third kappa shape index (κ3) is 1.98. The number of nitrogens with one attached hydrogen (secondary N) is 1. The molecule has 0 aliphatic rings. The van der Waals surface area contributed by atoms with E-state index < -0.39 is 5.95 Å². The van der Waals surface area contributed by atoms with Crippen molar-refractivity contribution in [3.63, 3.8) is 0 Å². The van der Waals surface area contributed by atoms with Crippen LogP contribution in [-0.2, 0) is 5.11 Å². The first kappa shape index (κ1) is 8.58. The van der Waals surface area contributed by atoms with Crippen LogP contribution in [-0.4, -0.2) is 17.6 Å². The van der Waals surface area contributed by atoms with Crippen LogP contribution in [0.2, 0.25) is 0 Å². The zero-order valence-electron chi connectivity index (χ0n) is 6.66. The van der Waals surface area contributed by atoms with Gasteiger partial charge in [0.2, 0.25) is 0 Å². The van der Waals surface area contributed by atoms with Crippen molar-refractivity contribution < 1.29 is 14.4 Å². The summed E-state index contributed by atoms with van der Waals surface area (Å²) in [5.74, 6) is -0.973. The molecule has 65 valence electrons. The van der Waals surface area contributed by atoms with Crippen LogP contribution in [0, 0.1) is 0 Å². The van der Waals surface area contributed by atoms with Crippen molar-refractivity contribution in [2.45, 2.75) is 13.3 Å². The Balaban J connectivity index is 2.53. The summed E-state index contributed by atoms with van der Waals surface area (Å²) in [5, 5.41) is 16.3. The Morgan fingerprint density at radius 2 is 2.50 bits per heavy atom. The summed E-state index contributed by atoms with van der Waals surface area (Å²) in [5.41, 5.74) is 0.0356. The molecule has 1 N–H and O–H groups in total. The second-order valence-electron chi connectivity index (χ2n) is 2.29. The van der Waals surface area contributed by atoms with Gasteiger partial charge in [0.1, 0.15) is 0 Å². The highest BCUT2D eigenvalue weighted by molar-refractivity contribution is 5.92. The molecule has 0 unspecified atom stereocenters. The van der Waals surface area contributed by atoms with E-state index in [1.807, 2.05) is 6.92 Å². The van der Waals surface area contributed by atoms with Crippen LogP contribution in [0.15, 0.2) is 10.6 Å². The van der Waals surface area contributed by atoms with Gasteiger partial charge in [-0.25, -0.2) is 5.11 Å².